The summed E-state index contributed by atoms with van der Waals surface area (Å²) >= 11 is 0. The van der Waals surface area contributed by atoms with Gasteiger partial charge >= 0.3 is 0 Å². The molecule has 2 aliphatic heterocycles. The van der Waals surface area contributed by atoms with Gasteiger partial charge in [0.25, 0.3) is 0 Å². The second-order valence-electron chi connectivity index (χ2n) is 10.1. The summed E-state index contributed by atoms with van der Waals surface area (Å²) in [4.78, 5) is 11.2. The monoisotopic (exact) mass is 461 g/mol. The van der Waals surface area contributed by atoms with Crippen molar-refractivity contribution in [1.82, 2.24) is 5.32 Å². The van der Waals surface area contributed by atoms with Gasteiger partial charge in [-0.2, -0.15) is 0 Å². The van der Waals surface area contributed by atoms with Crippen LogP contribution in [0.3, 0.4) is 0 Å². The van der Waals surface area contributed by atoms with Gasteiger partial charge in [0.05, 0.1) is 12.0 Å². The standard InChI is InChI=1S/C30H31N5/c1-35(2)26-10-8-20(9-11-26)21-6-7-23-16-30(18-31,17-24(23)14-21)25-5-3-4-22(15-25)28-27-12-13-32-29(27)34-19-33-28/h3-15,19,27-28H,16-18,31H2,1-2H3,(H,32,33,34). The molecular formula is C30H31N5. The van der Waals surface area contributed by atoms with E-state index >= 15 is 0 Å². The molecule has 176 valence electrons. The maximum absolute atomic E-state index is 6.51. The lowest BCUT2D eigenvalue weighted by atomic mass is 9.76. The summed E-state index contributed by atoms with van der Waals surface area (Å²) in [5.74, 6) is 1.15. The largest absolute Gasteiger partial charge is 0.378 e. The van der Waals surface area contributed by atoms with Gasteiger partial charge in [0.1, 0.15) is 12.2 Å². The van der Waals surface area contributed by atoms with Crippen LogP contribution in [0.1, 0.15) is 28.3 Å². The first-order valence-corrected chi connectivity index (χ1v) is 12.3. The van der Waals surface area contributed by atoms with Crippen LogP contribution >= 0.6 is 0 Å². The van der Waals surface area contributed by atoms with Gasteiger partial charge in [0.15, 0.2) is 0 Å². The van der Waals surface area contributed by atoms with Gasteiger partial charge in [-0.1, -0.05) is 60.7 Å². The van der Waals surface area contributed by atoms with Crippen molar-refractivity contribution >= 4 is 17.9 Å². The highest BCUT2D eigenvalue weighted by molar-refractivity contribution is 5.96. The fourth-order valence-electron chi connectivity index (χ4n) is 5.76. The third kappa shape index (κ3) is 3.76. The molecule has 0 radical (unpaired) electrons. The van der Waals surface area contributed by atoms with Crippen LogP contribution in [0, 0.1) is 5.92 Å². The number of amidine groups is 1. The van der Waals surface area contributed by atoms with E-state index in [1.807, 2.05) is 6.20 Å². The summed E-state index contributed by atoms with van der Waals surface area (Å²) in [6.45, 7) is 0.615. The van der Waals surface area contributed by atoms with Gasteiger partial charge in [-0.05, 0) is 64.6 Å². The minimum absolute atomic E-state index is 0.0454. The topological polar surface area (TPSA) is 66.0 Å². The lowest BCUT2D eigenvalue weighted by Gasteiger charge is -2.30. The SMILES string of the molecule is CN(C)c1ccc(-c2ccc3c(c2)CC(CN)(c2cccc(C4N=CN=C5NC=CC54)c2)C3)cc1. The van der Waals surface area contributed by atoms with Crippen molar-refractivity contribution < 1.29 is 0 Å². The van der Waals surface area contributed by atoms with E-state index in [9.17, 15) is 0 Å². The van der Waals surface area contributed by atoms with E-state index in [1.54, 1.807) is 6.34 Å². The highest BCUT2D eigenvalue weighted by atomic mass is 15.1. The third-order valence-corrected chi connectivity index (χ3v) is 7.83. The lowest BCUT2D eigenvalue weighted by Crippen LogP contribution is -2.36. The van der Waals surface area contributed by atoms with Crippen molar-refractivity contribution in [3.8, 4) is 11.1 Å². The first-order chi connectivity index (χ1) is 17.1. The average Bonchev–Trinajstić information content (AvgIpc) is 3.53. The molecule has 5 nitrogen and oxygen atoms in total. The Kier molecular flexibility index (Phi) is 5.30. The Hall–Kier alpha value is -3.70. The van der Waals surface area contributed by atoms with E-state index in [1.165, 1.54) is 39.1 Å². The van der Waals surface area contributed by atoms with Crippen molar-refractivity contribution in [3.63, 3.8) is 0 Å². The number of anilines is 1. The number of nitrogens with one attached hydrogen (secondary N) is 1. The van der Waals surface area contributed by atoms with E-state index < -0.39 is 0 Å². The Labute approximate surface area is 207 Å². The van der Waals surface area contributed by atoms with E-state index in [0.717, 1.165) is 18.7 Å². The van der Waals surface area contributed by atoms with Crippen molar-refractivity contribution in [1.29, 1.82) is 0 Å². The van der Waals surface area contributed by atoms with Gasteiger partial charge in [-0.15, -0.1) is 0 Å². The molecule has 0 saturated heterocycles. The molecule has 1 aliphatic carbocycles. The lowest BCUT2D eigenvalue weighted by molar-refractivity contribution is 0.462. The maximum Gasteiger partial charge on any atom is 0.117 e. The quantitative estimate of drug-likeness (QED) is 0.582. The highest BCUT2D eigenvalue weighted by Crippen LogP contribution is 2.42. The molecule has 6 rings (SSSR count). The van der Waals surface area contributed by atoms with Gasteiger partial charge < -0.3 is 16.0 Å². The highest BCUT2D eigenvalue weighted by Gasteiger charge is 2.39. The van der Waals surface area contributed by atoms with Gasteiger partial charge in [0.2, 0.25) is 0 Å². The van der Waals surface area contributed by atoms with E-state index in [2.05, 4.69) is 102 Å². The summed E-state index contributed by atoms with van der Waals surface area (Å²) in [7, 11) is 4.14. The van der Waals surface area contributed by atoms with Gasteiger partial charge in [-0.3, -0.25) is 4.99 Å². The predicted molar refractivity (Wildman–Crippen MR) is 145 cm³/mol. The number of aliphatic imine (C=N–C) groups is 2. The summed E-state index contributed by atoms with van der Waals surface area (Å²) in [6, 6.07) is 24.7. The maximum atomic E-state index is 6.51. The Morgan fingerprint density at radius 1 is 0.971 bits per heavy atom. The Morgan fingerprint density at radius 2 is 1.77 bits per heavy atom. The number of nitrogens with zero attached hydrogens (tertiary/aromatic N) is 3. The Bertz CT molecular complexity index is 1350. The molecule has 0 amide bonds. The molecule has 3 atom stereocenters. The smallest absolute Gasteiger partial charge is 0.117 e. The number of hydrogen-bond acceptors (Lipinski definition) is 5. The molecule has 5 heteroatoms. The van der Waals surface area contributed by atoms with Crippen LogP contribution in [0.15, 0.2) is 89.0 Å². The first-order valence-electron chi connectivity index (χ1n) is 12.3. The van der Waals surface area contributed by atoms with Crippen molar-refractivity contribution in [2.75, 3.05) is 25.5 Å². The van der Waals surface area contributed by atoms with E-state index in [4.69, 9.17) is 10.7 Å². The molecule has 0 bridgehead atoms. The van der Waals surface area contributed by atoms with Crippen LogP contribution in [0.2, 0.25) is 0 Å². The molecule has 3 aliphatic rings. The van der Waals surface area contributed by atoms with Crippen molar-refractivity contribution in [3.05, 3.63) is 101 Å². The number of hydrogen-bond donors (Lipinski definition) is 2. The van der Waals surface area contributed by atoms with Crippen LogP contribution < -0.4 is 16.0 Å². The first kappa shape index (κ1) is 21.8. The van der Waals surface area contributed by atoms with Crippen molar-refractivity contribution in [2.24, 2.45) is 21.6 Å². The van der Waals surface area contributed by atoms with Crippen LogP contribution in [0.4, 0.5) is 5.69 Å². The average molecular weight is 462 g/mol. The zero-order valence-electron chi connectivity index (χ0n) is 20.3. The molecule has 3 unspecified atom stereocenters. The summed E-state index contributed by atoms with van der Waals surface area (Å²) < 4.78 is 0. The van der Waals surface area contributed by atoms with Crippen LogP contribution in [0.5, 0.6) is 0 Å². The molecule has 3 aromatic carbocycles. The Morgan fingerprint density at radius 3 is 2.57 bits per heavy atom. The summed E-state index contributed by atoms with van der Waals surface area (Å²) in [6.07, 6.45) is 7.73. The number of rotatable bonds is 5. The normalized spacial score (nSPS) is 24.0. The molecule has 0 aromatic heterocycles. The second-order valence-corrected chi connectivity index (χ2v) is 10.1. The number of benzene rings is 3. The van der Waals surface area contributed by atoms with Gasteiger partial charge in [-0.25, -0.2) is 4.99 Å². The molecular weight excluding hydrogens is 430 g/mol. The molecule has 3 N–H and O–H groups in total. The molecule has 0 fully saturated rings. The third-order valence-electron chi connectivity index (χ3n) is 7.83. The summed E-state index contributed by atoms with van der Waals surface area (Å²) in [5.41, 5.74) is 15.5. The zero-order chi connectivity index (χ0) is 24.0. The second kappa shape index (κ2) is 8.51. The van der Waals surface area contributed by atoms with E-state index in [-0.39, 0.29) is 17.4 Å². The minimum Gasteiger partial charge on any atom is -0.378 e. The molecule has 2 heterocycles. The fraction of sp³-hybridized carbons (Fsp3) is 0.267. The minimum atomic E-state index is -0.0924. The van der Waals surface area contributed by atoms with Crippen LogP contribution in [0.25, 0.3) is 11.1 Å². The van der Waals surface area contributed by atoms with Crippen molar-refractivity contribution in [2.45, 2.75) is 24.3 Å². The van der Waals surface area contributed by atoms with Gasteiger partial charge in [0, 0.05) is 31.7 Å². The molecule has 0 spiro atoms. The summed E-state index contributed by atoms with van der Waals surface area (Å²) in [5, 5.41) is 3.24. The zero-order valence-corrected chi connectivity index (χ0v) is 20.3. The molecule has 3 aromatic rings. The Balaban J connectivity index is 1.30. The fourth-order valence-corrected chi connectivity index (χ4v) is 5.76. The molecule has 0 saturated carbocycles. The van der Waals surface area contributed by atoms with E-state index in [0.29, 0.717) is 6.54 Å². The predicted octanol–water partition coefficient (Wildman–Crippen LogP) is 4.63. The molecule has 35 heavy (non-hydrogen) atoms. The van der Waals surface area contributed by atoms with Crippen LogP contribution in [-0.4, -0.2) is 32.8 Å². The number of nitrogens with two attached hydrogens (primary N) is 1. The number of fused-ring (bicyclic) bond motifs is 2. The van der Waals surface area contributed by atoms with Crippen LogP contribution in [-0.2, 0) is 18.3 Å².